The Balaban J connectivity index is 1.82. The highest BCUT2D eigenvalue weighted by Gasteiger charge is 2.20. The van der Waals surface area contributed by atoms with Crippen LogP contribution in [-0.2, 0) is 0 Å². The molecule has 3 N–H and O–H groups in total. The molecular weight excluding hydrogens is 250 g/mol. The van der Waals surface area contributed by atoms with Crippen LogP contribution in [0, 0.1) is 5.92 Å². The van der Waals surface area contributed by atoms with Crippen molar-refractivity contribution in [2.75, 3.05) is 46.0 Å². The van der Waals surface area contributed by atoms with Gasteiger partial charge in [-0.3, -0.25) is 0 Å². The summed E-state index contributed by atoms with van der Waals surface area (Å²) in [6.45, 7) is 4.07. The predicted octanol–water partition coefficient (Wildman–Crippen LogP) is 1.58. The Hall–Kier alpha value is -1.10. The largest absolute Gasteiger partial charge is 0.398 e. The molecule has 1 aromatic carbocycles. The summed E-state index contributed by atoms with van der Waals surface area (Å²) in [5, 5.41) is 10.3. The first kappa shape index (κ1) is 15.3. The van der Waals surface area contributed by atoms with Gasteiger partial charge >= 0.3 is 0 Å². The van der Waals surface area contributed by atoms with Gasteiger partial charge in [0.05, 0.1) is 6.10 Å². The summed E-state index contributed by atoms with van der Waals surface area (Å²) in [6, 6.07) is 7.57. The quantitative estimate of drug-likeness (QED) is 0.802. The van der Waals surface area contributed by atoms with E-state index in [9.17, 15) is 5.11 Å². The van der Waals surface area contributed by atoms with Crippen LogP contribution in [0.4, 0.5) is 5.69 Å². The highest BCUT2D eigenvalue weighted by molar-refractivity contribution is 5.47. The van der Waals surface area contributed by atoms with Crippen molar-refractivity contribution < 1.29 is 5.11 Å². The van der Waals surface area contributed by atoms with E-state index in [0.29, 0.717) is 12.2 Å². The lowest BCUT2D eigenvalue weighted by Gasteiger charge is -2.32. The third-order valence-electron chi connectivity index (χ3n) is 4.25. The van der Waals surface area contributed by atoms with Crippen LogP contribution in [0.15, 0.2) is 24.3 Å². The molecule has 1 aromatic rings. The molecule has 1 heterocycles. The number of likely N-dealkylation sites (tertiary alicyclic amines) is 1. The van der Waals surface area contributed by atoms with Gasteiger partial charge in [0.1, 0.15) is 0 Å². The SMILES string of the molecule is CN1CCC(CN(C)CC(O)c2ccccc2N)CC1. The topological polar surface area (TPSA) is 52.7 Å². The van der Waals surface area contributed by atoms with Crippen molar-refractivity contribution in [1.29, 1.82) is 0 Å². The Morgan fingerprint density at radius 1 is 1.35 bits per heavy atom. The molecule has 0 aromatic heterocycles. The zero-order chi connectivity index (χ0) is 14.5. The monoisotopic (exact) mass is 277 g/mol. The second-order valence-electron chi connectivity index (χ2n) is 6.11. The molecule has 1 saturated heterocycles. The van der Waals surface area contributed by atoms with Gasteiger partial charge in [-0.25, -0.2) is 0 Å². The number of piperidine rings is 1. The van der Waals surface area contributed by atoms with E-state index < -0.39 is 6.10 Å². The maximum absolute atomic E-state index is 10.3. The second kappa shape index (κ2) is 7.07. The molecule has 1 fully saturated rings. The molecule has 0 saturated carbocycles. The Labute approximate surface area is 122 Å². The van der Waals surface area contributed by atoms with Gasteiger partial charge < -0.3 is 20.6 Å². The van der Waals surface area contributed by atoms with Gasteiger partial charge in [0.25, 0.3) is 0 Å². The number of rotatable bonds is 5. The van der Waals surface area contributed by atoms with E-state index in [-0.39, 0.29) is 0 Å². The molecule has 0 spiro atoms. The van der Waals surface area contributed by atoms with Crippen molar-refractivity contribution in [3.8, 4) is 0 Å². The molecule has 20 heavy (non-hydrogen) atoms. The zero-order valence-electron chi connectivity index (χ0n) is 12.6. The Bertz CT molecular complexity index is 416. The molecule has 2 rings (SSSR count). The van der Waals surface area contributed by atoms with Gasteiger partial charge in [0, 0.05) is 24.3 Å². The van der Waals surface area contributed by atoms with Crippen LogP contribution in [0.2, 0.25) is 0 Å². The Kier molecular flexibility index (Phi) is 5.40. The maximum atomic E-state index is 10.3. The number of nitrogen functional groups attached to an aromatic ring is 1. The third kappa shape index (κ3) is 4.20. The number of aliphatic hydroxyl groups is 1. The lowest BCUT2D eigenvalue weighted by molar-refractivity contribution is 0.106. The van der Waals surface area contributed by atoms with E-state index >= 15 is 0 Å². The van der Waals surface area contributed by atoms with E-state index in [2.05, 4.69) is 23.9 Å². The van der Waals surface area contributed by atoms with Crippen LogP contribution in [0.1, 0.15) is 24.5 Å². The molecule has 1 aliphatic heterocycles. The van der Waals surface area contributed by atoms with Gasteiger partial charge in [-0.2, -0.15) is 0 Å². The minimum absolute atomic E-state index is 0.507. The fourth-order valence-electron chi connectivity index (χ4n) is 2.97. The Morgan fingerprint density at radius 3 is 2.65 bits per heavy atom. The number of hydrogen-bond donors (Lipinski definition) is 2. The van der Waals surface area contributed by atoms with E-state index in [1.807, 2.05) is 24.3 Å². The van der Waals surface area contributed by atoms with Crippen LogP contribution < -0.4 is 5.73 Å². The summed E-state index contributed by atoms with van der Waals surface area (Å²) in [4.78, 5) is 4.61. The van der Waals surface area contributed by atoms with Gasteiger partial charge in [-0.05, 0) is 52.0 Å². The molecule has 0 amide bonds. The molecular formula is C16H27N3O. The standard InChI is InChI=1S/C16H27N3O/c1-18-9-7-13(8-10-18)11-19(2)12-16(20)14-5-3-4-6-15(14)17/h3-6,13,16,20H,7-12,17H2,1-2H3. The lowest BCUT2D eigenvalue weighted by Crippen LogP contribution is -2.37. The summed E-state index contributed by atoms with van der Waals surface area (Å²) in [5.41, 5.74) is 7.42. The van der Waals surface area contributed by atoms with Crippen LogP contribution in [0.3, 0.4) is 0 Å². The van der Waals surface area contributed by atoms with Crippen molar-refractivity contribution in [1.82, 2.24) is 9.80 Å². The van der Waals surface area contributed by atoms with Gasteiger partial charge in [-0.1, -0.05) is 18.2 Å². The molecule has 0 aliphatic carbocycles. The first-order valence-electron chi connectivity index (χ1n) is 7.46. The summed E-state index contributed by atoms with van der Waals surface area (Å²) in [7, 11) is 4.27. The second-order valence-corrected chi connectivity index (χ2v) is 6.11. The molecule has 1 atom stereocenters. The number of aliphatic hydroxyl groups excluding tert-OH is 1. The number of benzene rings is 1. The lowest BCUT2D eigenvalue weighted by atomic mass is 9.96. The molecule has 1 aliphatic rings. The number of anilines is 1. The van der Waals surface area contributed by atoms with Crippen LogP contribution >= 0.6 is 0 Å². The summed E-state index contributed by atoms with van der Waals surface area (Å²) in [5.74, 6) is 0.747. The molecule has 1 unspecified atom stereocenters. The van der Waals surface area contributed by atoms with Crippen LogP contribution in [-0.4, -0.2) is 55.2 Å². The van der Waals surface area contributed by atoms with E-state index in [4.69, 9.17) is 5.73 Å². The number of likely N-dealkylation sites (N-methyl/N-ethyl adjacent to an activating group) is 1. The molecule has 0 bridgehead atoms. The van der Waals surface area contributed by atoms with Crippen molar-refractivity contribution in [2.24, 2.45) is 5.92 Å². The normalized spacial score (nSPS) is 19.4. The van der Waals surface area contributed by atoms with Crippen molar-refractivity contribution in [2.45, 2.75) is 18.9 Å². The van der Waals surface area contributed by atoms with Gasteiger partial charge in [0.2, 0.25) is 0 Å². The smallest absolute Gasteiger partial charge is 0.0936 e. The van der Waals surface area contributed by atoms with Crippen molar-refractivity contribution in [3.63, 3.8) is 0 Å². The minimum atomic E-state index is -0.507. The molecule has 112 valence electrons. The average Bonchev–Trinajstić information content (AvgIpc) is 2.41. The van der Waals surface area contributed by atoms with Gasteiger partial charge in [0.15, 0.2) is 0 Å². The summed E-state index contributed by atoms with van der Waals surface area (Å²) < 4.78 is 0. The fourth-order valence-corrected chi connectivity index (χ4v) is 2.97. The predicted molar refractivity (Wildman–Crippen MR) is 83.5 cm³/mol. The number of nitrogens with zero attached hydrogens (tertiary/aromatic N) is 2. The average molecular weight is 277 g/mol. The van der Waals surface area contributed by atoms with Crippen molar-refractivity contribution >= 4 is 5.69 Å². The number of para-hydroxylation sites is 1. The number of hydrogen-bond acceptors (Lipinski definition) is 4. The van der Waals surface area contributed by atoms with Gasteiger partial charge in [-0.15, -0.1) is 0 Å². The molecule has 4 nitrogen and oxygen atoms in total. The zero-order valence-corrected chi connectivity index (χ0v) is 12.6. The van der Waals surface area contributed by atoms with Crippen LogP contribution in [0.5, 0.6) is 0 Å². The van der Waals surface area contributed by atoms with E-state index in [1.54, 1.807) is 0 Å². The minimum Gasteiger partial charge on any atom is -0.398 e. The third-order valence-corrected chi connectivity index (χ3v) is 4.25. The van der Waals surface area contributed by atoms with Crippen molar-refractivity contribution in [3.05, 3.63) is 29.8 Å². The fraction of sp³-hybridized carbons (Fsp3) is 0.625. The van der Waals surface area contributed by atoms with E-state index in [1.165, 1.54) is 25.9 Å². The Morgan fingerprint density at radius 2 is 2.00 bits per heavy atom. The van der Waals surface area contributed by atoms with Crippen LogP contribution in [0.25, 0.3) is 0 Å². The highest BCUT2D eigenvalue weighted by atomic mass is 16.3. The first-order valence-corrected chi connectivity index (χ1v) is 7.46. The molecule has 0 radical (unpaired) electrons. The highest BCUT2D eigenvalue weighted by Crippen LogP contribution is 2.22. The first-order chi connectivity index (χ1) is 9.56. The summed E-state index contributed by atoms with van der Waals surface area (Å²) >= 11 is 0. The number of nitrogens with two attached hydrogens (primary N) is 1. The maximum Gasteiger partial charge on any atom is 0.0936 e. The van der Waals surface area contributed by atoms with E-state index in [0.717, 1.165) is 18.0 Å². The molecule has 4 heteroatoms. The summed E-state index contributed by atoms with van der Waals surface area (Å²) in [6.07, 6.45) is 2.00.